The second-order valence-corrected chi connectivity index (χ2v) is 8.68. The molecule has 3 rings (SSSR count). The lowest BCUT2D eigenvalue weighted by Gasteiger charge is -2.36. The summed E-state index contributed by atoms with van der Waals surface area (Å²) in [4.78, 5) is 26.9. The van der Waals surface area contributed by atoms with Gasteiger partial charge >= 0.3 is 0 Å². The number of rotatable bonds is 4. The van der Waals surface area contributed by atoms with E-state index < -0.39 is 5.54 Å². The molecular weight excluding hydrogens is 370 g/mol. The smallest absolute Gasteiger partial charge is 0.250 e. The number of nitrogens with zero attached hydrogens (tertiary/aromatic N) is 1. The molecule has 5 nitrogen and oxygen atoms in total. The topological polar surface area (TPSA) is 61.4 Å². The van der Waals surface area contributed by atoms with Gasteiger partial charge in [0, 0.05) is 37.2 Å². The van der Waals surface area contributed by atoms with Crippen molar-refractivity contribution in [3.63, 3.8) is 0 Å². The van der Waals surface area contributed by atoms with Crippen molar-refractivity contribution < 1.29 is 9.59 Å². The Morgan fingerprint density at radius 1 is 1.15 bits per heavy atom. The van der Waals surface area contributed by atoms with Crippen molar-refractivity contribution in [1.82, 2.24) is 5.32 Å². The number of anilines is 2. The number of hydrogen-bond donors (Lipinski definition) is 2. The highest BCUT2D eigenvalue weighted by Crippen LogP contribution is 2.33. The van der Waals surface area contributed by atoms with Crippen LogP contribution in [-0.2, 0) is 9.59 Å². The lowest BCUT2D eigenvalue weighted by atomic mass is 9.80. The van der Waals surface area contributed by atoms with Crippen LogP contribution in [0.25, 0.3) is 0 Å². The Balaban J connectivity index is 1.73. The number of hydrogen-bond acceptors (Lipinski definition) is 4. The van der Waals surface area contributed by atoms with Gasteiger partial charge in [0.1, 0.15) is 5.54 Å². The molecule has 2 amide bonds. The maximum Gasteiger partial charge on any atom is 0.250 e. The summed E-state index contributed by atoms with van der Waals surface area (Å²) in [7, 11) is 0. The first-order valence-electron chi connectivity index (χ1n) is 9.23. The van der Waals surface area contributed by atoms with E-state index in [-0.39, 0.29) is 11.8 Å². The van der Waals surface area contributed by atoms with Gasteiger partial charge in [0.25, 0.3) is 0 Å². The van der Waals surface area contributed by atoms with Crippen molar-refractivity contribution in [2.24, 2.45) is 0 Å². The van der Waals surface area contributed by atoms with Gasteiger partial charge in [-0.25, -0.2) is 0 Å². The number of halogens is 1. The Morgan fingerprint density at radius 2 is 1.85 bits per heavy atom. The molecular formula is C19H26ClN3O2S. The average molecular weight is 396 g/mol. The van der Waals surface area contributed by atoms with E-state index in [0.29, 0.717) is 23.6 Å². The molecule has 1 heterocycles. The molecule has 1 aliphatic carbocycles. The number of amides is 2. The number of nitrogens with one attached hydrogen (secondary N) is 2. The Morgan fingerprint density at radius 3 is 2.46 bits per heavy atom. The van der Waals surface area contributed by atoms with Crippen molar-refractivity contribution in [2.45, 2.75) is 44.6 Å². The Bertz CT molecular complexity index is 671. The minimum atomic E-state index is -0.806. The van der Waals surface area contributed by atoms with E-state index in [1.807, 2.05) is 23.9 Å². The van der Waals surface area contributed by atoms with Crippen LogP contribution in [0.3, 0.4) is 0 Å². The molecule has 0 spiro atoms. The highest BCUT2D eigenvalue weighted by atomic mass is 35.5. The third kappa shape index (κ3) is 4.46. The molecule has 2 aliphatic rings. The molecule has 0 unspecified atom stereocenters. The zero-order valence-electron chi connectivity index (χ0n) is 15.1. The Labute approximate surface area is 164 Å². The first kappa shape index (κ1) is 19.4. The van der Waals surface area contributed by atoms with E-state index in [1.54, 1.807) is 6.07 Å². The highest BCUT2D eigenvalue weighted by Gasteiger charge is 2.40. The molecule has 26 heavy (non-hydrogen) atoms. The van der Waals surface area contributed by atoms with Gasteiger partial charge in [-0.05, 0) is 31.0 Å². The summed E-state index contributed by atoms with van der Waals surface area (Å²) in [5.41, 5.74) is 0.879. The lowest BCUT2D eigenvalue weighted by Crippen LogP contribution is -2.57. The zero-order chi connectivity index (χ0) is 18.6. The molecule has 1 saturated heterocycles. The summed E-state index contributed by atoms with van der Waals surface area (Å²) in [5, 5.41) is 6.51. The van der Waals surface area contributed by atoms with Crippen LogP contribution in [0.1, 0.15) is 39.0 Å². The predicted octanol–water partition coefficient (Wildman–Crippen LogP) is 3.67. The molecule has 1 aromatic carbocycles. The van der Waals surface area contributed by atoms with Crippen LogP contribution in [0.5, 0.6) is 0 Å². The lowest BCUT2D eigenvalue weighted by molar-refractivity contribution is -0.130. The van der Waals surface area contributed by atoms with Crippen molar-refractivity contribution >= 4 is 46.6 Å². The van der Waals surface area contributed by atoms with E-state index in [0.717, 1.165) is 49.5 Å². The quantitative estimate of drug-likeness (QED) is 0.816. The number of carbonyl (C=O) groups excluding carboxylic acids is 2. The molecule has 0 atom stereocenters. The largest absolute Gasteiger partial charge is 0.369 e. The van der Waals surface area contributed by atoms with E-state index in [1.165, 1.54) is 6.92 Å². The maximum absolute atomic E-state index is 12.9. The minimum absolute atomic E-state index is 0.148. The van der Waals surface area contributed by atoms with Crippen LogP contribution in [0.15, 0.2) is 18.2 Å². The fraction of sp³-hybridized carbons (Fsp3) is 0.579. The van der Waals surface area contributed by atoms with Crippen molar-refractivity contribution in [2.75, 3.05) is 34.8 Å². The van der Waals surface area contributed by atoms with E-state index >= 15 is 0 Å². The summed E-state index contributed by atoms with van der Waals surface area (Å²) in [6.07, 6.45) is 4.34. The van der Waals surface area contributed by atoms with Crippen molar-refractivity contribution in [3.05, 3.63) is 23.2 Å². The normalized spacial score (nSPS) is 19.7. The van der Waals surface area contributed by atoms with Gasteiger partial charge in [-0.1, -0.05) is 30.9 Å². The summed E-state index contributed by atoms with van der Waals surface area (Å²) < 4.78 is 0. The molecule has 7 heteroatoms. The van der Waals surface area contributed by atoms with E-state index in [2.05, 4.69) is 15.5 Å². The Kier molecular flexibility index (Phi) is 6.35. The average Bonchev–Trinajstić information content (AvgIpc) is 2.63. The minimum Gasteiger partial charge on any atom is -0.369 e. The number of benzene rings is 1. The van der Waals surface area contributed by atoms with Crippen LogP contribution < -0.4 is 15.5 Å². The molecule has 0 bridgehead atoms. The second kappa shape index (κ2) is 8.53. The molecule has 2 N–H and O–H groups in total. The van der Waals surface area contributed by atoms with Crippen LogP contribution >= 0.6 is 23.4 Å². The van der Waals surface area contributed by atoms with Gasteiger partial charge in [0.2, 0.25) is 11.8 Å². The number of thioether (sulfide) groups is 1. The first-order valence-corrected chi connectivity index (χ1v) is 10.8. The third-order valence-electron chi connectivity index (χ3n) is 5.11. The van der Waals surface area contributed by atoms with E-state index in [9.17, 15) is 9.59 Å². The van der Waals surface area contributed by atoms with Gasteiger partial charge in [-0.2, -0.15) is 11.8 Å². The van der Waals surface area contributed by atoms with Crippen molar-refractivity contribution in [3.8, 4) is 0 Å². The SMILES string of the molecule is CC(=O)NC1(C(=O)Nc2ccc(N3CCSCC3)c(Cl)c2)CCCCC1. The molecule has 1 aromatic rings. The summed E-state index contributed by atoms with van der Waals surface area (Å²) in [6.45, 7) is 3.44. The molecule has 142 valence electrons. The zero-order valence-corrected chi connectivity index (χ0v) is 16.7. The summed E-state index contributed by atoms with van der Waals surface area (Å²) >= 11 is 8.44. The van der Waals surface area contributed by atoms with E-state index in [4.69, 9.17) is 11.6 Å². The molecule has 1 saturated carbocycles. The monoisotopic (exact) mass is 395 g/mol. The summed E-state index contributed by atoms with van der Waals surface area (Å²) in [6, 6.07) is 5.67. The fourth-order valence-electron chi connectivity index (χ4n) is 3.80. The summed E-state index contributed by atoms with van der Waals surface area (Å²) in [5.74, 6) is 1.89. The highest BCUT2D eigenvalue weighted by molar-refractivity contribution is 7.99. The molecule has 0 radical (unpaired) electrons. The maximum atomic E-state index is 12.9. The van der Waals surface area contributed by atoms with Crippen LogP contribution in [0.2, 0.25) is 5.02 Å². The Hall–Kier alpha value is -1.40. The first-order chi connectivity index (χ1) is 12.5. The van der Waals surface area contributed by atoms with Crippen LogP contribution in [0, 0.1) is 0 Å². The second-order valence-electron chi connectivity index (χ2n) is 7.04. The predicted molar refractivity (Wildman–Crippen MR) is 109 cm³/mol. The molecule has 0 aromatic heterocycles. The standard InChI is InChI=1S/C19H26ClN3O2S/c1-14(24)22-19(7-3-2-4-8-19)18(25)21-15-5-6-17(16(20)13-15)23-9-11-26-12-10-23/h5-6,13H,2-4,7-12H2,1H3,(H,21,25)(H,22,24). The van der Waals surface area contributed by atoms with Gasteiger partial charge < -0.3 is 15.5 Å². The third-order valence-corrected chi connectivity index (χ3v) is 6.36. The van der Waals surface area contributed by atoms with Gasteiger partial charge in [-0.15, -0.1) is 0 Å². The number of carbonyl (C=O) groups is 2. The van der Waals surface area contributed by atoms with Gasteiger partial charge in [0.15, 0.2) is 0 Å². The van der Waals surface area contributed by atoms with Crippen LogP contribution in [0.4, 0.5) is 11.4 Å². The molecule has 1 aliphatic heterocycles. The van der Waals surface area contributed by atoms with Crippen LogP contribution in [-0.4, -0.2) is 41.9 Å². The van der Waals surface area contributed by atoms with Gasteiger partial charge in [-0.3, -0.25) is 9.59 Å². The van der Waals surface area contributed by atoms with Gasteiger partial charge in [0.05, 0.1) is 10.7 Å². The van der Waals surface area contributed by atoms with Crippen molar-refractivity contribution in [1.29, 1.82) is 0 Å². The molecule has 2 fully saturated rings. The fourth-order valence-corrected chi connectivity index (χ4v) is 5.00.